The Morgan fingerprint density at radius 1 is 1.53 bits per heavy atom. The van der Waals surface area contributed by atoms with Gasteiger partial charge in [-0.3, -0.25) is 9.89 Å². The maximum absolute atomic E-state index is 12.0. The molecule has 100 valence electrons. The molecular weight excluding hydrogens is 246 g/mol. The molecule has 0 atom stereocenters. The van der Waals surface area contributed by atoms with E-state index in [0.29, 0.717) is 5.82 Å². The highest BCUT2D eigenvalue weighted by Crippen LogP contribution is 2.29. The summed E-state index contributed by atoms with van der Waals surface area (Å²) in [7, 11) is 1.43. The lowest BCUT2D eigenvalue weighted by molar-refractivity contribution is 0.102. The molecule has 1 heterocycles. The Balaban J connectivity index is 2.20. The molecule has 0 saturated carbocycles. The van der Waals surface area contributed by atoms with E-state index in [0.717, 1.165) is 12.1 Å². The second-order valence-corrected chi connectivity index (χ2v) is 3.94. The highest BCUT2D eigenvalue weighted by Gasteiger charge is 2.15. The van der Waals surface area contributed by atoms with E-state index in [1.807, 2.05) is 6.92 Å². The van der Waals surface area contributed by atoms with E-state index < -0.39 is 5.91 Å². The summed E-state index contributed by atoms with van der Waals surface area (Å²) in [6.07, 6.45) is 0.799. The summed E-state index contributed by atoms with van der Waals surface area (Å²) in [5.74, 6) is 0.0484. The second-order valence-electron chi connectivity index (χ2n) is 3.94. The van der Waals surface area contributed by atoms with Gasteiger partial charge in [0.15, 0.2) is 17.3 Å². The van der Waals surface area contributed by atoms with Gasteiger partial charge in [-0.15, -0.1) is 0 Å². The molecule has 0 aliphatic heterocycles. The first-order valence-corrected chi connectivity index (χ1v) is 5.87. The Labute approximate surface area is 110 Å². The Morgan fingerprint density at radius 2 is 2.32 bits per heavy atom. The standard InChI is InChI=1S/C13H15N3O3/c1-3-8-7-11(16-15-8)14-13(18)9-5-4-6-10(19-2)12(9)17/h4-7,17H,3H2,1-2H3,(H2,14,15,16,18). The molecular formula is C13H15N3O3. The van der Waals surface area contributed by atoms with Crippen molar-refractivity contribution in [3.63, 3.8) is 0 Å². The van der Waals surface area contributed by atoms with E-state index in [2.05, 4.69) is 15.5 Å². The second kappa shape index (κ2) is 5.43. The Kier molecular flexibility index (Phi) is 3.70. The minimum Gasteiger partial charge on any atom is -0.504 e. The minimum atomic E-state index is -0.439. The molecule has 6 heteroatoms. The number of para-hydroxylation sites is 1. The molecule has 1 amide bonds. The van der Waals surface area contributed by atoms with Gasteiger partial charge in [0, 0.05) is 11.8 Å². The number of H-pyrrole nitrogens is 1. The number of phenolic OH excluding ortho intramolecular Hbond substituents is 1. The lowest BCUT2D eigenvalue weighted by Gasteiger charge is -2.07. The third kappa shape index (κ3) is 2.67. The van der Waals surface area contributed by atoms with E-state index >= 15 is 0 Å². The van der Waals surface area contributed by atoms with Crippen molar-refractivity contribution in [2.75, 3.05) is 12.4 Å². The number of hydrogen-bond acceptors (Lipinski definition) is 4. The first-order chi connectivity index (χ1) is 9.15. The van der Waals surface area contributed by atoms with Crippen LogP contribution < -0.4 is 10.1 Å². The fourth-order valence-corrected chi connectivity index (χ4v) is 1.66. The van der Waals surface area contributed by atoms with Gasteiger partial charge in [0.1, 0.15) is 0 Å². The van der Waals surface area contributed by atoms with Gasteiger partial charge in [-0.05, 0) is 18.6 Å². The van der Waals surface area contributed by atoms with Gasteiger partial charge < -0.3 is 15.2 Å². The minimum absolute atomic E-state index is 0.139. The zero-order valence-corrected chi connectivity index (χ0v) is 10.7. The van der Waals surface area contributed by atoms with Crippen LogP contribution in [-0.4, -0.2) is 28.3 Å². The number of carbonyl (C=O) groups excluding carboxylic acids is 1. The van der Waals surface area contributed by atoms with E-state index in [4.69, 9.17) is 4.74 Å². The van der Waals surface area contributed by atoms with Crippen molar-refractivity contribution in [3.8, 4) is 11.5 Å². The van der Waals surface area contributed by atoms with Gasteiger partial charge in [-0.25, -0.2) is 0 Å². The lowest BCUT2D eigenvalue weighted by Crippen LogP contribution is -2.12. The van der Waals surface area contributed by atoms with Crippen LogP contribution in [0.5, 0.6) is 11.5 Å². The number of nitrogens with one attached hydrogen (secondary N) is 2. The predicted molar refractivity (Wildman–Crippen MR) is 70.6 cm³/mol. The molecule has 0 radical (unpaired) electrons. The third-order valence-corrected chi connectivity index (χ3v) is 2.72. The number of amides is 1. The highest BCUT2D eigenvalue weighted by atomic mass is 16.5. The number of rotatable bonds is 4. The number of methoxy groups -OCH3 is 1. The van der Waals surface area contributed by atoms with Crippen LogP contribution in [0.25, 0.3) is 0 Å². The molecule has 2 rings (SSSR count). The third-order valence-electron chi connectivity index (χ3n) is 2.72. The number of aromatic hydroxyl groups is 1. The van der Waals surface area contributed by atoms with Gasteiger partial charge in [0.05, 0.1) is 12.7 Å². The van der Waals surface area contributed by atoms with Crippen molar-refractivity contribution >= 4 is 11.7 Å². The molecule has 0 bridgehead atoms. The number of benzene rings is 1. The molecule has 1 aromatic heterocycles. The topological polar surface area (TPSA) is 87.2 Å². The molecule has 19 heavy (non-hydrogen) atoms. The van der Waals surface area contributed by atoms with Gasteiger partial charge >= 0.3 is 0 Å². The largest absolute Gasteiger partial charge is 0.504 e. The summed E-state index contributed by atoms with van der Waals surface area (Å²) in [6, 6.07) is 6.47. The molecule has 0 fully saturated rings. The predicted octanol–water partition coefficient (Wildman–Crippen LogP) is 1.94. The van der Waals surface area contributed by atoms with Crippen LogP contribution >= 0.6 is 0 Å². The molecule has 0 saturated heterocycles. The monoisotopic (exact) mass is 261 g/mol. The maximum Gasteiger partial charge on any atom is 0.260 e. The number of aryl methyl sites for hydroxylation is 1. The van der Waals surface area contributed by atoms with Crippen molar-refractivity contribution < 1.29 is 14.6 Å². The van der Waals surface area contributed by atoms with Crippen LogP contribution in [0.1, 0.15) is 23.0 Å². The summed E-state index contributed by atoms with van der Waals surface area (Å²) in [4.78, 5) is 12.0. The van der Waals surface area contributed by atoms with Crippen LogP contribution in [0.15, 0.2) is 24.3 Å². The molecule has 0 aliphatic rings. The van der Waals surface area contributed by atoms with Crippen molar-refractivity contribution in [1.82, 2.24) is 10.2 Å². The molecule has 0 spiro atoms. The van der Waals surface area contributed by atoms with E-state index in [9.17, 15) is 9.90 Å². The average molecular weight is 261 g/mol. The van der Waals surface area contributed by atoms with Crippen LogP contribution in [0.4, 0.5) is 5.82 Å². The normalized spacial score (nSPS) is 10.2. The first-order valence-electron chi connectivity index (χ1n) is 5.87. The van der Waals surface area contributed by atoms with Gasteiger partial charge in [-0.1, -0.05) is 13.0 Å². The van der Waals surface area contributed by atoms with E-state index in [-0.39, 0.29) is 17.1 Å². The van der Waals surface area contributed by atoms with Crippen molar-refractivity contribution in [2.24, 2.45) is 0 Å². The Morgan fingerprint density at radius 3 is 2.95 bits per heavy atom. The number of nitrogens with zero attached hydrogens (tertiary/aromatic N) is 1. The number of aromatic amines is 1. The summed E-state index contributed by atoms with van der Waals surface area (Å²) >= 11 is 0. The molecule has 2 aromatic rings. The van der Waals surface area contributed by atoms with E-state index in [1.54, 1.807) is 18.2 Å². The maximum atomic E-state index is 12.0. The number of anilines is 1. The van der Waals surface area contributed by atoms with Crippen molar-refractivity contribution in [2.45, 2.75) is 13.3 Å². The van der Waals surface area contributed by atoms with E-state index in [1.165, 1.54) is 13.2 Å². The van der Waals surface area contributed by atoms with Crippen molar-refractivity contribution in [1.29, 1.82) is 0 Å². The fourth-order valence-electron chi connectivity index (χ4n) is 1.66. The first kappa shape index (κ1) is 12.9. The molecule has 3 N–H and O–H groups in total. The van der Waals surface area contributed by atoms with Crippen LogP contribution in [0, 0.1) is 0 Å². The van der Waals surface area contributed by atoms with Crippen LogP contribution in [0.3, 0.4) is 0 Å². The molecule has 6 nitrogen and oxygen atoms in total. The summed E-state index contributed by atoms with van der Waals surface area (Å²) < 4.78 is 4.96. The van der Waals surface area contributed by atoms with Crippen LogP contribution in [0.2, 0.25) is 0 Å². The number of carbonyl (C=O) groups is 1. The SMILES string of the molecule is CCc1cc(NC(=O)c2cccc(OC)c2O)n[nH]1. The fraction of sp³-hybridized carbons (Fsp3) is 0.231. The molecule has 1 aromatic carbocycles. The quantitative estimate of drug-likeness (QED) is 0.784. The summed E-state index contributed by atoms with van der Waals surface area (Å²) in [5, 5.41) is 19.2. The zero-order chi connectivity index (χ0) is 13.8. The van der Waals surface area contributed by atoms with Gasteiger partial charge in [-0.2, -0.15) is 5.10 Å². The number of aromatic nitrogens is 2. The lowest BCUT2D eigenvalue weighted by atomic mass is 10.1. The molecule has 0 aliphatic carbocycles. The van der Waals surface area contributed by atoms with Gasteiger partial charge in [0.25, 0.3) is 5.91 Å². The highest BCUT2D eigenvalue weighted by molar-refractivity contribution is 6.06. The summed E-state index contributed by atoms with van der Waals surface area (Å²) in [6.45, 7) is 1.98. The number of hydrogen-bond donors (Lipinski definition) is 3. The van der Waals surface area contributed by atoms with Crippen LogP contribution in [-0.2, 0) is 6.42 Å². The van der Waals surface area contributed by atoms with Gasteiger partial charge in [0.2, 0.25) is 0 Å². The Hall–Kier alpha value is -2.50. The van der Waals surface area contributed by atoms with Crippen molar-refractivity contribution in [3.05, 3.63) is 35.5 Å². The zero-order valence-electron chi connectivity index (χ0n) is 10.7. The number of phenols is 1. The Bertz CT molecular complexity index is 593. The average Bonchev–Trinajstić information content (AvgIpc) is 2.86. The number of ether oxygens (including phenoxy) is 1. The smallest absolute Gasteiger partial charge is 0.260 e. The molecule has 0 unspecified atom stereocenters. The summed E-state index contributed by atoms with van der Waals surface area (Å²) in [5.41, 5.74) is 1.06.